The van der Waals surface area contributed by atoms with Crippen LogP contribution in [0, 0.1) is 0 Å². The highest BCUT2D eigenvalue weighted by Crippen LogP contribution is 2.36. The lowest BCUT2D eigenvalue weighted by molar-refractivity contribution is -0.307. The molecule has 116 valence electrons. The van der Waals surface area contributed by atoms with Gasteiger partial charge in [-0.3, -0.25) is 4.79 Å². The molecule has 5 nitrogen and oxygen atoms in total. The molecule has 1 aliphatic rings. The molecule has 2 aromatic carbocycles. The third kappa shape index (κ3) is 3.19. The highest BCUT2D eigenvalue weighted by molar-refractivity contribution is 6.36. The topological polar surface area (TPSA) is 78.5 Å². The molecule has 0 saturated carbocycles. The number of nitrogens with one attached hydrogen (secondary N) is 1. The van der Waals surface area contributed by atoms with Gasteiger partial charge in [-0.05, 0) is 24.3 Å². The second-order valence-corrected chi connectivity index (χ2v) is 5.34. The molecule has 1 aliphatic heterocycles. The van der Waals surface area contributed by atoms with Crippen molar-refractivity contribution in [3.63, 3.8) is 0 Å². The molecule has 0 spiro atoms. The molecule has 23 heavy (non-hydrogen) atoms. The summed E-state index contributed by atoms with van der Waals surface area (Å²) in [4.78, 5) is 22.7. The summed E-state index contributed by atoms with van der Waals surface area (Å²) in [6.07, 6.45) is 1.65. The number of hydrogen-bond donors (Lipinski definition) is 1. The number of carbonyl (C=O) groups excluding carboxylic acids is 2. The minimum Gasteiger partial charge on any atom is -0.546 e. The lowest BCUT2D eigenvalue weighted by Gasteiger charge is -2.10. The number of fused-ring (bicyclic) bond motifs is 1. The van der Waals surface area contributed by atoms with Gasteiger partial charge in [-0.2, -0.15) is 0 Å². The van der Waals surface area contributed by atoms with E-state index >= 15 is 0 Å². The van der Waals surface area contributed by atoms with Gasteiger partial charge >= 0.3 is 0 Å². The molecule has 0 aliphatic carbocycles. The van der Waals surface area contributed by atoms with Gasteiger partial charge in [-0.15, -0.1) is 0 Å². The minimum atomic E-state index is -1.31. The fourth-order valence-corrected chi connectivity index (χ4v) is 2.51. The molecule has 0 radical (unpaired) electrons. The van der Waals surface area contributed by atoms with Gasteiger partial charge in [0.05, 0.1) is 11.7 Å². The predicted molar refractivity (Wildman–Crippen MR) is 84.9 cm³/mol. The maximum Gasteiger partial charge on any atom is 0.256 e. The maximum atomic E-state index is 12.2. The van der Waals surface area contributed by atoms with Gasteiger partial charge in [0.1, 0.15) is 12.4 Å². The number of carboxylic acid groups (broad SMARTS) is 1. The SMILES string of the molecule is O=C([O-])COc1ccccc1/C=C1\C(=O)Nc2cc(Cl)ccc21. The van der Waals surface area contributed by atoms with Crippen molar-refractivity contribution in [3.05, 3.63) is 58.6 Å². The van der Waals surface area contributed by atoms with Crippen LogP contribution in [-0.2, 0) is 9.59 Å². The van der Waals surface area contributed by atoms with Gasteiger partial charge in [0, 0.05) is 21.7 Å². The van der Waals surface area contributed by atoms with Crippen LogP contribution in [-0.4, -0.2) is 18.5 Å². The third-order valence-electron chi connectivity index (χ3n) is 3.33. The number of aliphatic carboxylic acids is 1. The number of benzene rings is 2. The Kier molecular flexibility index (Phi) is 4.04. The van der Waals surface area contributed by atoms with Crippen LogP contribution in [0.25, 0.3) is 11.6 Å². The molecule has 3 rings (SSSR count). The number of para-hydroxylation sites is 1. The Morgan fingerprint density at radius 2 is 2.04 bits per heavy atom. The van der Waals surface area contributed by atoms with Gasteiger partial charge in [-0.25, -0.2) is 0 Å². The highest BCUT2D eigenvalue weighted by Gasteiger charge is 2.24. The lowest BCUT2D eigenvalue weighted by atomic mass is 10.0. The lowest BCUT2D eigenvalue weighted by Crippen LogP contribution is -2.29. The van der Waals surface area contributed by atoms with Crippen LogP contribution in [0.2, 0.25) is 5.02 Å². The van der Waals surface area contributed by atoms with Crippen molar-refractivity contribution in [2.24, 2.45) is 0 Å². The van der Waals surface area contributed by atoms with Crippen molar-refractivity contribution in [2.75, 3.05) is 11.9 Å². The molecule has 1 amide bonds. The number of amides is 1. The number of ether oxygens (including phenoxy) is 1. The monoisotopic (exact) mass is 328 g/mol. The summed E-state index contributed by atoms with van der Waals surface area (Å²) in [7, 11) is 0. The minimum absolute atomic E-state index is 0.253. The molecule has 2 aromatic rings. The zero-order valence-corrected chi connectivity index (χ0v) is 12.6. The molecular weight excluding hydrogens is 318 g/mol. The Bertz CT molecular complexity index is 829. The zero-order valence-electron chi connectivity index (χ0n) is 11.8. The van der Waals surface area contributed by atoms with Gasteiger partial charge in [0.2, 0.25) is 0 Å². The molecule has 1 heterocycles. The second kappa shape index (κ2) is 6.14. The number of carbonyl (C=O) groups is 2. The Hall–Kier alpha value is -2.79. The van der Waals surface area contributed by atoms with Crippen LogP contribution in [0.4, 0.5) is 5.69 Å². The van der Waals surface area contributed by atoms with E-state index in [4.69, 9.17) is 16.3 Å². The molecular formula is C17H11ClNO4-. The summed E-state index contributed by atoms with van der Waals surface area (Å²) >= 11 is 5.92. The number of anilines is 1. The smallest absolute Gasteiger partial charge is 0.256 e. The van der Waals surface area contributed by atoms with E-state index in [0.717, 1.165) is 5.56 Å². The summed E-state index contributed by atoms with van der Waals surface area (Å²) in [5, 5.41) is 13.8. The van der Waals surface area contributed by atoms with Crippen molar-refractivity contribution >= 4 is 40.8 Å². The van der Waals surface area contributed by atoms with Gasteiger partial charge in [0.25, 0.3) is 5.91 Å². The standard InChI is InChI=1S/C17H12ClNO4/c18-11-5-6-12-13(17(22)19-14(12)8-11)7-10-3-1-2-4-15(10)23-9-16(20)21/h1-8H,9H2,(H,19,22)(H,20,21)/p-1/b13-7-. The summed E-state index contributed by atoms with van der Waals surface area (Å²) in [6.45, 7) is -0.557. The van der Waals surface area contributed by atoms with Crippen LogP contribution in [0.5, 0.6) is 5.75 Å². The molecule has 0 fully saturated rings. The first-order valence-corrected chi connectivity index (χ1v) is 7.17. The van der Waals surface area contributed by atoms with E-state index in [1.807, 2.05) is 0 Å². The fraction of sp³-hybridized carbons (Fsp3) is 0.0588. The average molecular weight is 329 g/mol. The van der Waals surface area contributed by atoms with Gasteiger partial charge in [-0.1, -0.05) is 35.9 Å². The number of hydrogen-bond acceptors (Lipinski definition) is 4. The first-order chi connectivity index (χ1) is 11.0. The van der Waals surface area contributed by atoms with Crippen molar-refractivity contribution in [1.29, 1.82) is 0 Å². The van der Waals surface area contributed by atoms with Gasteiger partial charge < -0.3 is 20.0 Å². The average Bonchev–Trinajstić information content (AvgIpc) is 2.81. The van der Waals surface area contributed by atoms with E-state index in [1.54, 1.807) is 48.5 Å². The molecule has 0 bridgehead atoms. The van der Waals surface area contributed by atoms with E-state index in [0.29, 0.717) is 27.6 Å². The molecule has 0 unspecified atom stereocenters. The largest absolute Gasteiger partial charge is 0.546 e. The van der Waals surface area contributed by atoms with Gasteiger partial charge in [0.15, 0.2) is 0 Å². The van der Waals surface area contributed by atoms with Crippen molar-refractivity contribution < 1.29 is 19.4 Å². The number of carboxylic acids is 1. The van der Waals surface area contributed by atoms with Crippen molar-refractivity contribution in [1.82, 2.24) is 0 Å². The van der Waals surface area contributed by atoms with Crippen LogP contribution < -0.4 is 15.2 Å². The number of rotatable bonds is 4. The summed E-state index contributed by atoms with van der Waals surface area (Å²) in [6, 6.07) is 12.0. The summed E-state index contributed by atoms with van der Waals surface area (Å²) < 4.78 is 5.19. The maximum absolute atomic E-state index is 12.2. The van der Waals surface area contributed by atoms with E-state index in [-0.39, 0.29) is 5.91 Å². The first-order valence-electron chi connectivity index (χ1n) is 6.79. The Morgan fingerprint density at radius 1 is 1.26 bits per heavy atom. The van der Waals surface area contributed by atoms with E-state index in [1.165, 1.54) is 0 Å². The normalized spacial score (nSPS) is 14.5. The fourth-order valence-electron chi connectivity index (χ4n) is 2.33. The van der Waals surface area contributed by atoms with Crippen LogP contribution in [0.1, 0.15) is 11.1 Å². The first kappa shape index (κ1) is 15.1. The van der Waals surface area contributed by atoms with E-state index < -0.39 is 12.6 Å². The van der Waals surface area contributed by atoms with Crippen LogP contribution in [0.15, 0.2) is 42.5 Å². The summed E-state index contributed by atoms with van der Waals surface area (Å²) in [5.41, 5.74) is 2.43. The molecule has 0 aromatic heterocycles. The number of halogens is 1. The molecule has 1 N–H and O–H groups in total. The van der Waals surface area contributed by atoms with Crippen LogP contribution >= 0.6 is 11.6 Å². The quantitative estimate of drug-likeness (QED) is 0.870. The molecule has 0 atom stereocenters. The Morgan fingerprint density at radius 3 is 2.83 bits per heavy atom. The molecule has 0 saturated heterocycles. The second-order valence-electron chi connectivity index (χ2n) is 4.90. The van der Waals surface area contributed by atoms with Crippen molar-refractivity contribution in [3.8, 4) is 5.75 Å². The van der Waals surface area contributed by atoms with E-state index in [2.05, 4.69) is 5.32 Å². The van der Waals surface area contributed by atoms with E-state index in [9.17, 15) is 14.7 Å². The van der Waals surface area contributed by atoms with Crippen molar-refractivity contribution in [2.45, 2.75) is 0 Å². The Labute approximate surface area is 137 Å². The predicted octanol–water partition coefficient (Wildman–Crippen LogP) is 1.96. The summed E-state index contributed by atoms with van der Waals surface area (Å²) in [5.74, 6) is -1.21. The zero-order chi connectivity index (χ0) is 16.4. The Balaban J connectivity index is 2.00. The van der Waals surface area contributed by atoms with Crippen LogP contribution in [0.3, 0.4) is 0 Å². The highest BCUT2D eigenvalue weighted by atomic mass is 35.5. The molecule has 6 heteroatoms. The third-order valence-corrected chi connectivity index (χ3v) is 3.56.